The van der Waals surface area contributed by atoms with Gasteiger partial charge in [-0.2, -0.15) is 0 Å². The molecule has 3 rings (SSSR count). The van der Waals surface area contributed by atoms with E-state index < -0.39 is 5.54 Å². The maximum Gasteiger partial charge on any atom is 0.327 e. The molecule has 0 bridgehead atoms. The molecule has 2 aliphatic heterocycles. The second kappa shape index (κ2) is 4.86. The van der Waals surface area contributed by atoms with Crippen molar-refractivity contribution < 1.29 is 9.59 Å². The van der Waals surface area contributed by atoms with Crippen molar-refractivity contribution in [2.24, 2.45) is 0 Å². The number of carbonyl (C=O) groups excluding carboxylic acids is 2. The lowest BCUT2D eigenvalue weighted by molar-refractivity contribution is -0.134. The predicted octanol–water partition coefficient (Wildman–Crippen LogP) is 0.598. The third-order valence-electron chi connectivity index (χ3n) is 4.30. The summed E-state index contributed by atoms with van der Waals surface area (Å²) in [5.74, 6) is -0.0737. The highest BCUT2D eigenvalue weighted by Crippen LogP contribution is 2.34. The summed E-state index contributed by atoms with van der Waals surface area (Å²) in [7, 11) is 1.73. The van der Waals surface area contributed by atoms with Crippen LogP contribution in [0.4, 0.5) is 4.79 Å². The molecule has 106 valence electrons. The highest BCUT2D eigenvalue weighted by molar-refractivity contribution is 6.06. The molecule has 0 radical (unpaired) electrons. The number of hydrogen-bond acceptors (Lipinski definition) is 4. The molecule has 1 N–H and O–H groups in total. The molecule has 1 aromatic heterocycles. The topological polar surface area (TPSA) is 65.5 Å². The number of piperidine rings is 1. The first-order valence-corrected chi connectivity index (χ1v) is 6.84. The average molecular weight is 274 g/mol. The Balaban J connectivity index is 1.86. The van der Waals surface area contributed by atoms with Gasteiger partial charge >= 0.3 is 6.03 Å². The fourth-order valence-electron chi connectivity index (χ4n) is 3.05. The molecule has 2 fully saturated rings. The van der Waals surface area contributed by atoms with Gasteiger partial charge in [0.25, 0.3) is 5.91 Å². The Morgan fingerprint density at radius 3 is 2.75 bits per heavy atom. The maximum atomic E-state index is 12.7. The van der Waals surface area contributed by atoms with Gasteiger partial charge in [0.2, 0.25) is 0 Å². The fraction of sp³-hybridized carbons (Fsp3) is 0.500. The molecule has 6 heteroatoms. The minimum absolute atomic E-state index is 0.0737. The smallest absolute Gasteiger partial charge is 0.317 e. The van der Waals surface area contributed by atoms with Gasteiger partial charge in [-0.3, -0.25) is 14.7 Å². The van der Waals surface area contributed by atoms with Crippen LogP contribution in [-0.4, -0.2) is 52.4 Å². The first-order valence-electron chi connectivity index (χ1n) is 6.84. The van der Waals surface area contributed by atoms with E-state index in [9.17, 15) is 9.59 Å². The molecule has 3 heterocycles. The largest absolute Gasteiger partial charge is 0.327 e. The molecular formula is C14H18N4O2. The van der Waals surface area contributed by atoms with E-state index >= 15 is 0 Å². The van der Waals surface area contributed by atoms with E-state index in [0.29, 0.717) is 19.4 Å². The van der Waals surface area contributed by atoms with Crippen molar-refractivity contribution in [3.63, 3.8) is 0 Å². The Morgan fingerprint density at radius 1 is 1.35 bits per heavy atom. The normalized spacial score (nSPS) is 21.9. The van der Waals surface area contributed by atoms with Gasteiger partial charge in [0.15, 0.2) is 0 Å². The van der Waals surface area contributed by atoms with Gasteiger partial charge < -0.3 is 10.2 Å². The summed E-state index contributed by atoms with van der Waals surface area (Å²) in [4.78, 5) is 32.1. The first-order chi connectivity index (χ1) is 9.65. The summed E-state index contributed by atoms with van der Waals surface area (Å²) in [5, 5.41) is 3.24. The Morgan fingerprint density at radius 2 is 2.10 bits per heavy atom. The highest BCUT2D eigenvalue weighted by Gasteiger charge is 2.55. The summed E-state index contributed by atoms with van der Waals surface area (Å²) < 4.78 is 0. The molecule has 1 aromatic rings. The van der Waals surface area contributed by atoms with Gasteiger partial charge in [-0.05, 0) is 37.6 Å². The number of imide groups is 1. The van der Waals surface area contributed by atoms with Crippen molar-refractivity contribution in [2.75, 3.05) is 20.1 Å². The predicted molar refractivity (Wildman–Crippen MR) is 72.8 cm³/mol. The zero-order valence-corrected chi connectivity index (χ0v) is 11.5. The minimum atomic E-state index is -0.648. The summed E-state index contributed by atoms with van der Waals surface area (Å²) in [6.07, 6.45) is 4.72. The molecule has 6 nitrogen and oxygen atoms in total. The molecule has 0 aromatic carbocycles. The lowest BCUT2D eigenvalue weighted by atomic mass is 9.87. The van der Waals surface area contributed by atoms with Gasteiger partial charge in [0, 0.05) is 19.4 Å². The first kappa shape index (κ1) is 13.1. The number of aromatic nitrogens is 1. The number of urea groups is 1. The number of nitrogens with zero attached hydrogens (tertiary/aromatic N) is 3. The Labute approximate surface area is 117 Å². The maximum absolute atomic E-state index is 12.7. The van der Waals surface area contributed by atoms with Crippen LogP contribution in [0, 0.1) is 0 Å². The van der Waals surface area contributed by atoms with Crippen LogP contribution in [-0.2, 0) is 11.3 Å². The lowest BCUT2D eigenvalue weighted by Gasteiger charge is -2.36. The van der Waals surface area contributed by atoms with Crippen LogP contribution in [0.15, 0.2) is 24.5 Å². The zero-order chi connectivity index (χ0) is 14.2. The van der Waals surface area contributed by atoms with Gasteiger partial charge in [0.1, 0.15) is 5.54 Å². The molecule has 2 saturated heterocycles. The molecule has 0 unspecified atom stereocenters. The molecule has 2 aliphatic rings. The van der Waals surface area contributed by atoms with E-state index in [1.54, 1.807) is 24.3 Å². The third kappa shape index (κ3) is 1.87. The van der Waals surface area contributed by atoms with Crippen molar-refractivity contribution in [1.29, 1.82) is 0 Å². The summed E-state index contributed by atoms with van der Waals surface area (Å²) in [6, 6.07) is 3.48. The van der Waals surface area contributed by atoms with Crippen molar-refractivity contribution in [2.45, 2.75) is 24.9 Å². The van der Waals surface area contributed by atoms with Crippen LogP contribution in [0.25, 0.3) is 0 Å². The van der Waals surface area contributed by atoms with Gasteiger partial charge in [-0.25, -0.2) is 4.79 Å². The highest BCUT2D eigenvalue weighted by atomic mass is 16.2. The van der Waals surface area contributed by atoms with Crippen LogP contribution in [0.5, 0.6) is 0 Å². The second-order valence-electron chi connectivity index (χ2n) is 5.38. The van der Waals surface area contributed by atoms with Crippen LogP contribution >= 0.6 is 0 Å². The molecule has 0 saturated carbocycles. The second-order valence-corrected chi connectivity index (χ2v) is 5.38. The van der Waals surface area contributed by atoms with E-state index in [1.807, 2.05) is 12.1 Å². The van der Waals surface area contributed by atoms with Crippen molar-refractivity contribution >= 4 is 11.9 Å². The van der Waals surface area contributed by atoms with E-state index in [0.717, 1.165) is 18.7 Å². The SMILES string of the molecule is CN1C(=O)N(Cc2cccnc2)C(=O)C12CCNCC2. The molecular weight excluding hydrogens is 256 g/mol. The van der Waals surface area contributed by atoms with Gasteiger partial charge in [-0.15, -0.1) is 0 Å². The molecule has 0 atom stereocenters. The number of likely N-dealkylation sites (N-methyl/N-ethyl adjacent to an activating group) is 1. The molecule has 20 heavy (non-hydrogen) atoms. The Bertz CT molecular complexity index is 525. The number of pyridine rings is 1. The Hall–Kier alpha value is -1.95. The lowest BCUT2D eigenvalue weighted by Crippen LogP contribution is -2.54. The van der Waals surface area contributed by atoms with Crippen molar-refractivity contribution in [1.82, 2.24) is 20.1 Å². The molecule has 0 aliphatic carbocycles. The van der Waals surface area contributed by atoms with Crippen molar-refractivity contribution in [3.8, 4) is 0 Å². The summed E-state index contributed by atoms with van der Waals surface area (Å²) >= 11 is 0. The fourth-order valence-corrected chi connectivity index (χ4v) is 3.05. The monoisotopic (exact) mass is 274 g/mol. The molecule has 3 amide bonds. The van der Waals surface area contributed by atoms with E-state index in [2.05, 4.69) is 10.3 Å². The van der Waals surface area contributed by atoms with Crippen molar-refractivity contribution in [3.05, 3.63) is 30.1 Å². The summed E-state index contributed by atoms with van der Waals surface area (Å²) in [5.41, 5.74) is 0.221. The van der Waals surface area contributed by atoms with E-state index in [4.69, 9.17) is 0 Å². The van der Waals surface area contributed by atoms with Crippen LogP contribution in [0.2, 0.25) is 0 Å². The summed E-state index contributed by atoms with van der Waals surface area (Å²) in [6.45, 7) is 1.83. The number of carbonyl (C=O) groups is 2. The average Bonchev–Trinajstić information content (AvgIpc) is 2.66. The van der Waals surface area contributed by atoms with E-state index in [1.165, 1.54) is 4.90 Å². The standard InChI is InChI=1S/C14H18N4O2/c1-17-13(20)18(10-11-3-2-6-16-9-11)12(19)14(17)4-7-15-8-5-14/h2-3,6,9,15H,4-5,7-8,10H2,1H3. The van der Waals surface area contributed by atoms with E-state index in [-0.39, 0.29) is 11.9 Å². The van der Waals surface area contributed by atoms with Gasteiger partial charge in [0.05, 0.1) is 6.54 Å². The Kier molecular flexibility index (Phi) is 3.17. The van der Waals surface area contributed by atoms with Crippen LogP contribution < -0.4 is 5.32 Å². The van der Waals surface area contributed by atoms with Crippen LogP contribution in [0.1, 0.15) is 18.4 Å². The number of hydrogen-bond donors (Lipinski definition) is 1. The van der Waals surface area contributed by atoms with Gasteiger partial charge in [-0.1, -0.05) is 6.07 Å². The number of rotatable bonds is 2. The quantitative estimate of drug-likeness (QED) is 0.802. The number of nitrogens with one attached hydrogen (secondary N) is 1. The molecule has 1 spiro atoms. The third-order valence-corrected chi connectivity index (χ3v) is 4.30. The number of amides is 3. The minimum Gasteiger partial charge on any atom is -0.317 e. The van der Waals surface area contributed by atoms with Crippen LogP contribution in [0.3, 0.4) is 0 Å². The zero-order valence-electron chi connectivity index (χ0n) is 11.5.